The van der Waals surface area contributed by atoms with Gasteiger partial charge in [-0.2, -0.15) is 0 Å². The summed E-state index contributed by atoms with van der Waals surface area (Å²) < 4.78 is 1.21. The predicted octanol–water partition coefficient (Wildman–Crippen LogP) is 5.57. The summed E-state index contributed by atoms with van der Waals surface area (Å²) in [5.41, 5.74) is 3.48. The fourth-order valence-electron chi connectivity index (χ4n) is 3.53. The fourth-order valence-corrected chi connectivity index (χ4v) is 4.54. The molecule has 0 aliphatic heterocycles. The van der Waals surface area contributed by atoms with E-state index in [1.165, 1.54) is 15.8 Å². The van der Waals surface area contributed by atoms with Crippen LogP contribution in [0.5, 0.6) is 0 Å². The van der Waals surface area contributed by atoms with E-state index in [4.69, 9.17) is 0 Å². The maximum Gasteiger partial charge on any atom is 0.220 e. The molecule has 0 aliphatic carbocycles. The number of thiazole rings is 1. The third-order valence-electron chi connectivity index (χ3n) is 5.04. The number of benzene rings is 3. The number of hydrogen-bond donors (Lipinski definition) is 1. The first-order chi connectivity index (χ1) is 14.3. The van der Waals surface area contributed by atoms with E-state index in [0.717, 1.165) is 23.4 Å². The SMILES string of the molecule is O=C(CCCc1nc2ccccc2s1)NCC(c1ccccc1)c1ccccc1. The second kappa shape index (κ2) is 9.48. The lowest BCUT2D eigenvalue weighted by atomic mass is 9.91. The molecular weight excluding hydrogens is 376 g/mol. The van der Waals surface area contributed by atoms with Gasteiger partial charge < -0.3 is 5.32 Å². The van der Waals surface area contributed by atoms with Crippen LogP contribution in [0.4, 0.5) is 0 Å². The zero-order chi connectivity index (χ0) is 19.9. The van der Waals surface area contributed by atoms with Gasteiger partial charge in [0.25, 0.3) is 0 Å². The van der Waals surface area contributed by atoms with E-state index in [2.05, 4.69) is 40.6 Å². The van der Waals surface area contributed by atoms with Crippen LogP contribution < -0.4 is 5.32 Å². The molecule has 29 heavy (non-hydrogen) atoms. The Morgan fingerprint density at radius 2 is 1.48 bits per heavy atom. The Labute approximate surface area is 175 Å². The number of carbonyl (C=O) groups is 1. The minimum atomic E-state index is 0.1000. The molecule has 0 radical (unpaired) electrons. The van der Waals surface area contributed by atoms with Gasteiger partial charge in [0.2, 0.25) is 5.91 Å². The number of aromatic nitrogens is 1. The smallest absolute Gasteiger partial charge is 0.220 e. The first kappa shape index (κ1) is 19.3. The van der Waals surface area contributed by atoms with Gasteiger partial charge in [0, 0.05) is 18.9 Å². The van der Waals surface area contributed by atoms with E-state index >= 15 is 0 Å². The summed E-state index contributed by atoms with van der Waals surface area (Å²) in [6, 6.07) is 28.9. The second-order valence-electron chi connectivity index (χ2n) is 7.11. The summed E-state index contributed by atoms with van der Waals surface area (Å²) in [6.45, 7) is 0.605. The molecule has 1 amide bonds. The standard InChI is InChI=1S/C25H24N2OS/c28-24(16-9-17-25-27-22-14-7-8-15-23(22)29-25)26-18-21(19-10-3-1-4-11-19)20-12-5-2-6-13-20/h1-8,10-15,21H,9,16-18H2,(H,26,28). The van der Waals surface area contributed by atoms with Crippen molar-refractivity contribution in [3.63, 3.8) is 0 Å². The molecule has 146 valence electrons. The number of hydrogen-bond acceptors (Lipinski definition) is 3. The van der Waals surface area contributed by atoms with E-state index in [1.54, 1.807) is 11.3 Å². The molecule has 0 fully saturated rings. The lowest BCUT2D eigenvalue weighted by Gasteiger charge is -2.19. The molecule has 1 heterocycles. The summed E-state index contributed by atoms with van der Waals surface area (Å²) in [7, 11) is 0. The van der Waals surface area contributed by atoms with Crippen molar-refractivity contribution in [2.75, 3.05) is 6.54 Å². The Balaban J connectivity index is 1.32. The third-order valence-corrected chi connectivity index (χ3v) is 6.14. The van der Waals surface area contributed by atoms with Gasteiger partial charge in [-0.3, -0.25) is 4.79 Å². The van der Waals surface area contributed by atoms with Crippen LogP contribution in [0.25, 0.3) is 10.2 Å². The number of rotatable bonds is 8. The van der Waals surface area contributed by atoms with E-state index in [-0.39, 0.29) is 11.8 Å². The molecule has 1 N–H and O–H groups in total. The summed E-state index contributed by atoms with van der Waals surface area (Å²) in [5.74, 6) is 0.258. The van der Waals surface area contributed by atoms with Crippen molar-refractivity contribution < 1.29 is 4.79 Å². The molecule has 4 rings (SSSR count). The molecule has 0 atom stereocenters. The Hall–Kier alpha value is -2.98. The lowest BCUT2D eigenvalue weighted by Crippen LogP contribution is -2.28. The minimum Gasteiger partial charge on any atom is -0.355 e. The highest BCUT2D eigenvalue weighted by molar-refractivity contribution is 7.18. The van der Waals surface area contributed by atoms with Crippen molar-refractivity contribution in [1.29, 1.82) is 0 Å². The summed E-state index contributed by atoms with van der Waals surface area (Å²) in [4.78, 5) is 17.1. The normalized spacial score (nSPS) is 11.1. The average Bonchev–Trinajstić information content (AvgIpc) is 3.18. The molecule has 0 saturated heterocycles. The molecular formula is C25H24N2OS. The van der Waals surface area contributed by atoms with Gasteiger partial charge in [-0.05, 0) is 36.1 Å². The molecule has 4 heteroatoms. The highest BCUT2D eigenvalue weighted by atomic mass is 32.1. The van der Waals surface area contributed by atoms with E-state index in [0.29, 0.717) is 13.0 Å². The van der Waals surface area contributed by atoms with Gasteiger partial charge in [0.15, 0.2) is 0 Å². The van der Waals surface area contributed by atoms with E-state index in [9.17, 15) is 4.79 Å². The van der Waals surface area contributed by atoms with Crippen LogP contribution in [0.15, 0.2) is 84.9 Å². The van der Waals surface area contributed by atoms with Crippen molar-refractivity contribution in [3.05, 3.63) is 101 Å². The minimum absolute atomic E-state index is 0.1000. The summed E-state index contributed by atoms with van der Waals surface area (Å²) in [5, 5.41) is 4.24. The average molecular weight is 401 g/mol. The van der Waals surface area contributed by atoms with Crippen LogP contribution in [0.3, 0.4) is 0 Å². The van der Waals surface area contributed by atoms with Gasteiger partial charge in [0.1, 0.15) is 0 Å². The van der Waals surface area contributed by atoms with Gasteiger partial charge in [-0.25, -0.2) is 4.98 Å². The molecule has 3 aromatic carbocycles. The Morgan fingerprint density at radius 1 is 0.862 bits per heavy atom. The number of amides is 1. The topological polar surface area (TPSA) is 42.0 Å². The van der Waals surface area contributed by atoms with Crippen molar-refractivity contribution in [1.82, 2.24) is 10.3 Å². The number of nitrogens with one attached hydrogen (secondary N) is 1. The zero-order valence-corrected chi connectivity index (χ0v) is 17.1. The number of fused-ring (bicyclic) bond motifs is 1. The van der Waals surface area contributed by atoms with Crippen molar-refractivity contribution in [2.24, 2.45) is 0 Å². The van der Waals surface area contributed by atoms with Crippen LogP contribution in [-0.2, 0) is 11.2 Å². The van der Waals surface area contributed by atoms with Crippen LogP contribution in [0, 0.1) is 0 Å². The summed E-state index contributed by atoms with van der Waals surface area (Å²) in [6.07, 6.45) is 2.17. The maximum absolute atomic E-state index is 12.4. The lowest BCUT2D eigenvalue weighted by molar-refractivity contribution is -0.121. The highest BCUT2D eigenvalue weighted by Crippen LogP contribution is 2.24. The molecule has 4 aromatic rings. The first-order valence-corrected chi connectivity index (χ1v) is 10.8. The number of para-hydroxylation sites is 1. The molecule has 3 nitrogen and oxygen atoms in total. The van der Waals surface area contributed by atoms with Gasteiger partial charge >= 0.3 is 0 Å². The second-order valence-corrected chi connectivity index (χ2v) is 8.22. The number of carbonyl (C=O) groups excluding carboxylic acids is 1. The van der Waals surface area contributed by atoms with Gasteiger partial charge in [-0.1, -0.05) is 72.8 Å². The zero-order valence-electron chi connectivity index (χ0n) is 16.3. The monoisotopic (exact) mass is 400 g/mol. The third kappa shape index (κ3) is 5.09. The molecule has 0 aliphatic rings. The largest absolute Gasteiger partial charge is 0.355 e. The van der Waals surface area contributed by atoms with Crippen molar-refractivity contribution in [3.8, 4) is 0 Å². The first-order valence-electron chi connectivity index (χ1n) is 10.0. The Bertz CT molecular complexity index is 987. The molecule has 0 unspecified atom stereocenters. The van der Waals surface area contributed by atoms with E-state index < -0.39 is 0 Å². The number of aryl methyl sites for hydroxylation is 1. The van der Waals surface area contributed by atoms with Gasteiger partial charge in [0.05, 0.1) is 15.2 Å². The highest BCUT2D eigenvalue weighted by Gasteiger charge is 2.15. The van der Waals surface area contributed by atoms with Crippen molar-refractivity contribution in [2.45, 2.75) is 25.2 Å². The summed E-state index contributed by atoms with van der Waals surface area (Å²) >= 11 is 1.72. The molecule has 0 saturated carbocycles. The quantitative estimate of drug-likeness (QED) is 0.420. The Kier molecular flexibility index (Phi) is 6.32. The van der Waals surface area contributed by atoms with Crippen LogP contribution in [0.2, 0.25) is 0 Å². The fraction of sp³-hybridized carbons (Fsp3) is 0.200. The molecule has 1 aromatic heterocycles. The van der Waals surface area contributed by atoms with Gasteiger partial charge in [-0.15, -0.1) is 11.3 Å². The molecule has 0 spiro atoms. The maximum atomic E-state index is 12.4. The van der Waals surface area contributed by atoms with Crippen LogP contribution in [0.1, 0.15) is 34.9 Å². The van der Waals surface area contributed by atoms with Crippen LogP contribution in [-0.4, -0.2) is 17.4 Å². The molecule has 0 bridgehead atoms. The van der Waals surface area contributed by atoms with E-state index in [1.807, 2.05) is 54.6 Å². The number of nitrogens with zero attached hydrogens (tertiary/aromatic N) is 1. The van der Waals surface area contributed by atoms with Crippen molar-refractivity contribution >= 4 is 27.5 Å². The Morgan fingerprint density at radius 3 is 2.14 bits per heavy atom. The predicted molar refractivity (Wildman–Crippen MR) is 120 cm³/mol. The van der Waals surface area contributed by atoms with Crippen LogP contribution >= 0.6 is 11.3 Å².